The van der Waals surface area contributed by atoms with Gasteiger partial charge in [-0.15, -0.1) is 0 Å². The van der Waals surface area contributed by atoms with Crippen LogP contribution in [0.1, 0.15) is 19.4 Å². The summed E-state index contributed by atoms with van der Waals surface area (Å²) in [5.41, 5.74) is 2.08. The van der Waals surface area contributed by atoms with Gasteiger partial charge in [0.2, 0.25) is 0 Å². The standard InChI is InChI=1S/C19H18N2O5S2/c1-19(2)11-5-3-4-6-12(11)20(9-15(22)23)14(19)8-7-13-17(26)21(10-16(24)25)18(27)28-13/h3-8H,9-10H2,1-2H3,(H,22,23)(H,24,25)/b13-7+,14-8+. The van der Waals surface area contributed by atoms with E-state index in [-0.39, 0.29) is 10.9 Å². The zero-order valence-electron chi connectivity index (χ0n) is 15.2. The highest BCUT2D eigenvalue weighted by Gasteiger charge is 2.40. The number of thioether (sulfide) groups is 1. The summed E-state index contributed by atoms with van der Waals surface area (Å²) in [7, 11) is 0. The summed E-state index contributed by atoms with van der Waals surface area (Å²) in [5, 5.41) is 18.3. The Morgan fingerprint density at radius 3 is 2.36 bits per heavy atom. The minimum atomic E-state index is -1.14. The molecule has 3 rings (SSSR count). The smallest absolute Gasteiger partial charge is 0.323 e. The predicted octanol–water partition coefficient (Wildman–Crippen LogP) is 2.58. The Balaban J connectivity index is 1.99. The first kappa shape index (κ1) is 20.1. The Hall–Kier alpha value is -2.65. The minimum Gasteiger partial charge on any atom is -0.480 e. The van der Waals surface area contributed by atoms with E-state index in [4.69, 9.17) is 17.3 Å². The highest BCUT2D eigenvalue weighted by molar-refractivity contribution is 8.26. The molecule has 0 atom stereocenters. The maximum atomic E-state index is 12.4. The summed E-state index contributed by atoms with van der Waals surface area (Å²) in [5.74, 6) is -2.57. The molecule has 2 aliphatic rings. The number of fused-ring (bicyclic) bond motifs is 1. The van der Waals surface area contributed by atoms with E-state index in [1.807, 2.05) is 38.1 Å². The van der Waals surface area contributed by atoms with Crippen molar-refractivity contribution in [3.8, 4) is 0 Å². The van der Waals surface area contributed by atoms with Crippen molar-refractivity contribution in [2.24, 2.45) is 0 Å². The Kier molecular flexibility index (Phi) is 5.31. The Morgan fingerprint density at radius 2 is 1.71 bits per heavy atom. The van der Waals surface area contributed by atoms with Gasteiger partial charge in [0.1, 0.15) is 17.4 Å². The third-order valence-corrected chi connectivity index (χ3v) is 6.05. The van der Waals surface area contributed by atoms with Gasteiger partial charge in [0, 0.05) is 16.8 Å². The molecule has 1 aromatic rings. The maximum Gasteiger partial charge on any atom is 0.323 e. The molecule has 9 heteroatoms. The highest BCUT2D eigenvalue weighted by atomic mass is 32.2. The predicted molar refractivity (Wildman–Crippen MR) is 110 cm³/mol. The number of carboxylic acids is 2. The van der Waals surface area contributed by atoms with Crippen LogP contribution in [0.3, 0.4) is 0 Å². The second-order valence-corrected chi connectivity index (χ2v) is 8.53. The molecule has 2 aliphatic heterocycles. The Bertz CT molecular complexity index is 951. The van der Waals surface area contributed by atoms with Gasteiger partial charge in [0.15, 0.2) is 0 Å². The molecule has 0 radical (unpaired) electrons. The lowest BCUT2D eigenvalue weighted by atomic mass is 9.84. The minimum absolute atomic E-state index is 0.188. The van der Waals surface area contributed by atoms with Crippen LogP contribution in [0.4, 0.5) is 5.69 Å². The van der Waals surface area contributed by atoms with Crippen molar-refractivity contribution < 1.29 is 24.6 Å². The van der Waals surface area contributed by atoms with Gasteiger partial charge in [0.25, 0.3) is 5.91 Å². The van der Waals surface area contributed by atoms with E-state index in [0.717, 1.165) is 33.6 Å². The molecule has 0 aromatic heterocycles. The summed E-state index contributed by atoms with van der Waals surface area (Å²) in [6.45, 7) is 3.28. The number of hydrogen-bond acceptors (Lipinski definition) is 6. The Labute approximate surface area is 171 Å². The molecule has 1 aromatic carbocycles. The fraction of sp³-hybridized carbons (Fsp3) is 0.263. The molecule has 0 aliphatic carbocycles. The lowest BCUT2D eigenvalue weighted by Gasteiger charge is -2.25. The molecule has 0 spiro atoms. The Morgan fingerprint density at radius 1 is 1.11 bits per heavy atom. The van der Waals surface area contributed by atoms with Crippen molar-refractivity contribution in [2.75, 3.05) is 18.0 Å². The van der Waals surface area contributed by atoms with Crippen LogP contribution in [-0.4, -0.2) is 50.4 Å². The van der Waals surface area contributed by atoms with Crippen molar-refractivity contribution in [3.05, 3.63) is 52.6 Å². The number of aliphatic carboxylic acids is 2. The van der Waals surface area contributed by atoms with E-state index < -0.39 is 29.8 Å². The number of hydrogen-bond donors (Lipinski definition) is 2. The SMILES string of the molecule is CC1(C)/C(=C\C=C2\SC(=S)N(CC(=O)O)C2=O)N(CC(=O)O)c2ccccc21. The van der Waals surface area contributed by atoms with Crippen LogP contribution in [0.15, 0.2) is 47.0 Å². The number of benzene rings is 1. The molecule has 146 valence electrons. The van der Waals surface area contributed by atoms with E-state index in [9.17, 15) is 19.5 Å². The monoisotopic (exact) mass is 418 g/mol. The van der Waals surface area contributed by atoms with E-state index in [0.29, 0.717) is 4.91 Å². The van der Waals surface area contributed by atoms with Crippen molar-refractivity contribution in [3.63, 3.8) is 0 Å². The van der Waals surface area contributed by atoms with Gasteiger partial charge in [-0.25, -0.2) is 0 Å². The molecule has 0 unspecified atom stereocenters. The van der Waals surface area contributed by atoms with Gasteiger partial charge in [-0.3, -0.25) is 19.3 Å². The molecule has 2 heterocycles. The molecule has 1 fully saturated rings. The van der Waals surface area contributed by atoms with Crippen LogP contribution in [0, 0.1) is 0 Å². The third kappa shape index (κ3) is 3.55. The number of amides is 1. The van der Waals surface area contributed by atoms with Crippen LogP contribution in [0.5, 0.6) is 0 Å². The van der Waals surface area contributed by atoms with Gasteiger partial charge in [-0.2, -0.15) is 0 Å². The number of thiocarbonyl (C=S) groups is 1. The quantitative estimate of drug-likeness (QED) is 0.556. The third-order valence-electron chi connectivity index (χ3n) is 4.65. The van der Waals surface area contributed by atoms with E-state index >= 15 is 0 Å². The van der Waals surface area contributed by atoms with Crippen molar-refractivity contribution >= 4 is 51.8 Å². The van der Waals surface area contributed by atoms with Crippen molar-refractivity contribution in [1.29, 1.82) is 0 Å². The normalized spacial score (nSPS) is 20.9. The summed E-state index contributed by atoms with van der Waals surface area (Å²) in [4.78, 5) is 37.8. The number of carboxylic acid groups (broad SMARTS) is 2. The van der Waals surface area contributed by atoms with Crippen LogP contribution < -0.4 is 4.90 Å². The molecule has 1 saturated heterocycles. The molecule has 0 bridgehead atoms. The lowest BCUT2D eigenvalue weighted by molar-refractivity contribution is -0.140. The molecular weight excluding hydrogens is 400 g/mol. The molecule has 28 heavy (non-hydrogen) atoms. The first-order valence-corrected chi connectivity index (χ1v) is 9.62. The average molecular weight is 418 g/mol. The average Bonchev–Trinajstić information content (AvgIpc) is 2.98. The molecule has 0 saturated carbocycles. The fourth-order valence-electron chi connectivity index (χ4n) is 3.39. The number of carbonyl (C=O) groups excluding carboxylic acids is 1. The van der Waals surface area contributed by atoms with E-state index in [1.165, 1.54) is 0 Å². The number of anilines is 1. The van der Waals surface area contributed by atoms with Crippen LogP contribution >= 0.6 is 24.0 Å². The number of rotatable bonds is 5. The van der Waals surface area contributed by atoms with Gasteiger partial charge in [-0.05, 0) is 23.8 Å². The molecular formula is C19H18N2O5S2. The van der Waals surface area contributed by atoms with Crippen molar-refractivity contribution in [2.45, 2.75) is 19.3 Å². The highest BCUT2D eigenvalue weighted by Crippen LogP contribution is 2.47. The van der Waals surface area contributed by atoms with E-state index in [1.54, 1.807) is 17.1 Å². The lowest BCUT2D eigenvalue weighted by Crippen LogP contribution is -2.33. The summed E-state index contributed by atoms with van der Waals surface area (Å²) < 4.78 is 0.188. The van der Waals surface area contributed by atoms with Gasteiger partial charge in [-0.1, -0.05) is 56.0 Å². The first-order chi connectivity index (χ1) is 13.1. The molecule has 7 nitrogen and oxygen atoms in total. The number of allylic oxidation sites excluding steroid dienone is 3. The van der Waals surface area contributed by atoms with Crippen LogP contribution in [0.2, 0.25) is 0 Å². The van der Waals surface area contributed by atoms with Gasteiger partial charge < -0.3 is 15.1 Å². The first-order valence-electron chi connectivity index (χ1n) is 8.39. The number of carbonyl (C=O) groups is 3. The zero-order valence-corrected chi connectivity index (χ0v) is 16.8. The van der Waals surface area contributed by atoms with Gasteiger partial charge in [0.05, 0.1) is 4.91 Å². The second-order valence-electron chi connectivity index (χ2n) is 6.86. The fourth-order valence-corrected chi connectivity index (χ4v) is 4.58. The number of nitrogens with zero attached hydrogens (tertiary/aromatic N) is 2. The van der Waals surface area contributed by atoms with Gasteiger partial charge >= 0.3 is 11.9 Å². The van der Waals surface area contributed by atoms with E-state index in [2.05, 4.69) is 0 Å². The summed E-state index contributed by atoms with van der Waals surface area (Å²) in [6, 6.07) is 7.58. The zero-order chi connectivity index (χ0) is 20.6. The molecule has 1 amide bonds. The summed E-state index contributed by atoms with van der Waals surface area (Å²) >= 11 is 6.13. The maximum absolute atomic E-state index is 12.4. The van der Waals surface area contributed by atoms with Crippen molar-refractivity contribution in [1.82, 2.24) is 4.90 Å². The number of para-hydroxylation sites is 1. The second kappa shape index (κ2) is 7.40. The summed E-state index contributed by atoms with van der Waals surface area (Å²) in [6.07, 6.45) is 3.30. The molecule has 2 N–H and O–H groups in total. The van der Waals surface area contributed by atoms with Crippen LogP contribution in [0.25, 0.3) is 0 Å². The topological polar surface area (TPSA) is 98.2 Å². The van der Waals surface area contributed by atoms with Crippen LogP contribution in [-0.2, 0) is 19.8 Å². The largest absolute Gasteiger partial charge is 0.480 e.